The summed E-state index contributed by atoms with van der Waals surface area (Å²) in [6.07, 6.45) is 11.2. The first-order valence-electron chi connectivity index (χ1n) is 13.3. The lowest BCUT2D eigenvalue weighted by atomic mass is 9.90. The predicted octanol–water partition coefficient (Wildman–Crippen LogP) is 2.11. The lowest BCUT2D eigenvalue weighted by Crippen LogP contribution is -2.54. The molecule has 3 atom stereocenters. The Morgan fingerprint density at radius 2 is 1.67 bits per heavy atom. The van der Waals surface area contributed by atoms with E-state index in [1.165, 1.54) is 32.1 Å². The Labute approximate surface area is 204 Å². The highest BCUT2D eigenvalue weighted by molar-refractivity contribution is 7.80. The van der Waals surface area contributed by atoms with Crippen LogP contribution in [-0.2, 0) is 9.59 Å². The molecule has 2 aliphatic carbocycles. The van der Waals surface area contributed by atoms with Gasteiger partial charge in [0.05, 0.1) is 0 Å². The molecule has 184 valence electrons. The van der Waals surface area contributed by atoms with Crippen molar-refractivity contribution in [3.63, 3.8) is 0 Å². The monoisotopic (exact) mass is 475 g/mol. The van der Waals surface area contributed by atoms with Crippen molar-refractivity contribution in [3.05, 3.63) is 0 Å². The quantitative estimate of drug-likeness (QED) is 0.607. The third-order valence-corrected chi connectivity index (χ3v) is 9.32. The second kappa shape index (κ2) is 9.68. The van der Waals surface area contributed by atoms with E-state index in [1.54, 1.807) is 0 Å². The first-order valence-corrected chi connectivity index (χ1v) is 13.7. The van der Waals surface area contributed by atoms with Gasteiger partial charge in [-0.1, -0.05) is 19.3 Å². The van der Waals surface area contributed by atoms with Crippen LogP contribution in [0.1, 0.15) is 71.1 Å². The van der Waals surface area contributed by atoms with Crippen LogP contribution in [0.3, 0.4) is 0 Å². The number of nitrogens with zero attached hydrogens (tertiary/aromatic N) is 3. The molecule has 3 saturated heterocycles. The fraction of sp³-hybridized carbons (Fsp3) is 0.880. The van der Waals surface area contributed by atoms with E-state index in [9.17, 15) is 9.59 Å². The largest absolute Gasteiger partial charge is 0.360 e. The molecular weight excluding hydrogens is 434 g/mol. The number of thiocarbonyl (C=S) groups is 1. The summed E-state index contributed by atoms with van der Waals surface area (Å²) in [5, 5.41) is 7.10. The summed E-state index contributed by atoms with van der Waals surface area (Å²) in [4.78, 5) is 32.9. The maximum atomic E-state index is 13.3. The molecule has 5 rings (SSSR count). The number of piperidine rings is 1. The first kappa shape index (κ1) is 23.3. The van der Waals surface area contributed by atoms with E-state index < -0.39 is 0 Å². The summed E-state index contributed by atoms with van der Waals surface area (Å²) in [5.74, 6) is 0.807. The average molecular weight is 476 g/mol. The van der Waals surface area contributed by atoms with Crippen molar-refractivity contribution < 1.29 is 9.59 Å². The summed E-state index contributed by atoms with van der Waals surface area (Å²) in [6, 6.07) is 1.19. The SMILES string of the molecule is C[C@@H]1C[C@@H](CC(=O)N2CCC3(CC2)CC3C(=O)N2CCN(C3CCCCC3)CC2)NC(=S)N1. The molecule has 3 heterocycles. The van der Waals surface area contributed by atoms with Crippen LogP contribution in [0.4, 0.5) is 0 Å². The summed E-state index contributed by atoms with van der Waals surface area (Å²) in [6.45, 7) is 7.59. The number of rotatable bonds is 4. The molecule has 2 saturated carbocycles. The number of hydrogen-bond acceptors (Lipinski definition) is 4. The fourth-order valence-corrected chi connectivity index (χ4v) is 7.26. The van der Waals surface area contributed by atoms with Gasteiger partial charge in [-0.15, -0.1) is 0 Å². The number of piperazine rings is 1. The minimum Gasteiger partial charge on any atom is -0.360 e. The van der Waals surface area contributed by atoms with Crippen LogP contribution < -0.4 is 10.6 Å². The van der Waals surface area contributed by atoms with E-state index in [4.69, 9.17) is 12.2 Å². The predicted molar refractivity (Wildman–Crippen MR) is 133 cm³/mol. The summed E-state index contributed by atoms with van der Waals surface area (Å²) in [7, 11) is 0. The summed E-state index contributed by atoms with van der Waals surface area (Å²) < 4.78 is 0. The number of carbonyl (C=O) groups excluding carboxylic acids is 2. The van der Waals surface area contributed by atoms with Gasteiger partial charge < -0.3 is 20.4 Å². The van der Waals surface area contributed by atoms with Crippen molar-refractivity contribution in [2.45, 2.75) is 89.3 Å². The molecule has 0 aromatic carbocycles. The molecule has 0 aromatic rings. The third-order valence-electron chi connectivity index (χ3n) is 9.09. The zero-order valence-electron chi connectivity index (χ0n) is 20.2. The van der Waals surface area contributed by atoms with Crippen molar-refractivity contribution in [1.82, 2.24) is 25.3 Å². The van der Waals surface area contributed by atoms with Gasteiger partial charge in [-0.25, -0.2) is 0 Å². The van der Waals surface area contributed by atoms with Crippen LogP contribution in [0, 0.1) is 11.3 Å². The third kappa shape index (κ3) is 5.16. The van der Waals surface area contributed by atoms with E-state index in [-0.39, 0.29) is 23.3 Å². The summed E-state index contributed by atoms with van der Waals surface area (Å²) >= 11 is 5.25. The van der Waals surface area contributed by atoms with Crippen LogP contribution in [0.2, 0.25) is 0 Å². The van der Waals surface area contributed by atoms with Gasteiger partial charge in [0.2, 0.25) is 11.8 Å². The Bertz CT molecular complexity index is 754. The van der Waals surface area contributed by atoms with Crippen molar-refractivity contribution >= 4 is 29.1 Å². The molecule has 1 unspecified atom stereocenters. The van der Waals surface area contributed by atoms with E-state index in [2.05, 4.69) is 27.4 Å². The molecule has 0 bridgehead atoms. The van der Waals surface area contributed by atoms with Gasteiger partial charge in [0.25, 0.3) is 0 Å². The van der Waals surface area contributed by atoms with Gasteiger partial charge in [-0.3, -0.25) is 14.5 Å². The van der Waals surface area contributed by atoms with E-state index in [0.29, 0.717) is 23.5 Å². The molecule has 5 aliphatic rings. The summed E-state index contributed by atoms with van der Waals surface area (Å²) in [5.41, 5.74) is 0.164. The van der Waals surface area contributed by atoms with Gasteiger partial charge in [0, 0.05) is 69.7 Å². The molecule has 7 nitrogen and oxygen atoms in total. The van der Waals surface area contributed by atoms with Crippen LogP contribution >= 0.6 is 12.2 Å². The lowest BCUT2D eigenvalue weighted by molar-refractivity contribution is -0.136. The Hall–Kier alpha value is -1.41. The molecule has 2 amide bonds. The van der Waals surface area contributed by atoms with Crippen LogP contribution in [0.25, 0.3) is 0 Å². The fourth-order valence-electron chi connectivity index (χ4n) is 6.89. The maximum absolute atomic E-state index is 13.3. The smallest absolute Gasteiger partial charge is 0.226 e. The highest BCUT2D eigenvalue weighted by atomic mass is 32.1. The molecular formula is C25H41N5O2S. The topological polar surface area (TPSA) is 67.9 Å². The first-order chi connectivity index (χ1) is 15.9. The molecule has 33 heavy (non-hydrogen) atoms. The number of carbonyl (C=O) groups is 2. The van der Waals surface area contributed by atoms with E-state index in [0.717, 1.165) is 71.0 Å². The van der Waals surface area contributed by atoms with Crippen molar-refractivity contribution in [1.29, 1.82) is 0 Å². The van der Waals surface area contributed by atoms with Crippen LogP contribution in [0.15, 0.2) is 0 Å². The molecule has 1 spiro atoms. The Morgan fingerprint density at radius 3 is 2.33 bits per heavy atom. The standard InChI is InChI=1S/C25H41N5O2S/c1-18-15-19(27-24(33)26-18)16-22(31)29-9-7-25(8-10-29)17-21(25)23(32)30-13-11-28(12-14-30)20-5-3-2-4-6-20/h18-21H,2-17H2,1H3,(H2,26,27,33)/t18-,19+,21?/m1/s1. The lowest BCUT2D eigenvalue weighted by Gasteiger charge is -2.41. The van der Waals surface area contributed by atoms with Gasteiger partial charge >= 0.3 is 0 Å². The van der Waals surface area contributed by atoms with Crippen molar-refractivity contribution in [2.75, 3.05) is 39.3 Å². The van der Waals surface area contributed by atoms with Crippen LogP contribution in [0.5, 0.6) is 0 Å². The average Bonchev–Trinajstić information content (AvgIpc) is 3.52. The molecule has 2 N–H and O–H groups in total. The normalized spacial score (nSPS) is 32.9. The zero-order chi connectivity index (χ0) is 23.0. The number of amides is 2. The minimum atomic E-state index is 0.125. The second-order valence-electron chi connectivity index (χ2n) is 11.3. The number of likely N-dealkylation sites (tertiary alicyclic amines) is 1. The highest BCUT2D eigenvalue weighted by Crippen LogP contribution is 2.60. The van der Waals surface area contributed by atoms with Crippen LogP contribution in [-0.4, -0.2) is 89.0 Å². The van der Waals surface area contributed by atoms with E-state index in [1.807, 2.05) is 4.90 Å². The number of hydrogen-bond donors (Lipinski definition) is 2. The minimum absolute atomic E-state index is 0.125. The van der Waals surface area contributed by atoms with Crippen molar-refractivity contribution in [3.8, 4) is 0 Å². The number of nitrogens with one attached hydrogen (secondary N) is 2. The Morgan fingerprint density at radius 1 is 0.970 bits per heavy atom. The van der Waals surface area contributed by atoms with Gasteiger partial charge in [0.1, 0.15) is 0 Å². The molecule has 5 fully saturated rings. The highest BCUT2D eigenvalue weighted by Gasteiger charge is 2.59. The van der Waals surface area contributed by atoms with E-state index >= 15 is 0 Å². The molecule has 0 radical (unpaired) electrons. The Balaban J connectivity index is 1.06. The maximum Gasteiger partial charge on any atom is 0.226 e. The molecule has 3 aliphatic heterocycles. The zero-order valence-corrected chi connectivity index (χ0v) is 21.0. The Kier molecular flexibility index (Phi) is 6.85. The van der Waals surface area contributed by atoms with Gasteiger partial charge in [-0.05, 0) is 63.1 Å². The second-order valence-corrected chi connectivity index (χ2v) is 11.7. The molecule has 8 heteroatoms. The van der Waals surface area contributed by atoms with Gasteiger partial charge in [-0.2, -0.15) is 0 Å². The van der Waals surface area contributed by atoms with Crippen molar-refractivity contribution in [2.24, 2.45) is 11.3 Å². The van der Waals surface area contributed by atoms with Gasteiger partial charge in [0.15, 0.2) is 5.11 Å². The molecule has 0 aromatic heterocycles.